The van der Waals surface area contributed by atoms with E-state index in [-0.39, 0.29) is 11.3 Å². The van der Waals surface area contributed by atoms with Gasteiger partial charge in [-0.15, -0.1) is 0 Å². The molecule has 0 N–H and O–H groups in total. The van der Waals surface area contributed by atoms with Gasteiger partial charge in [-0.1, -0.05) is 48.2 Å². The van der Waals surface area contributed by atoms with Gasteiger partial charge < -0.3 is 18.9 Å². The van der Waals surface area contributed by atoms with Gasteiger partial charge in [0.2, 0.25) is 0 Å². The zero-order chi connectivity index (χ0) is 25.7. The lowest BCUT2D eigenvalue weighted by Crippen LogP contribution is -2.15. The largest absolute Gasteiger partial charge is 0.493 e. The third kappa shape index (κ3) is 4.78. The highest BCUT2D eigenvalue weighted by molar-refractivity contribution is 7.99. The normalized spacial score (nSPS) is 10.6. The SMILES string of the molecule is COC(=O)c1c(-c2ccccc2Sc2ccc(OC)c(OC)c2)nn(-c2ccccc2)c1C(=O)OC. The third-order valence-electron chi connectivity index (χ3n) is 5.38. The Morgan fingerprint density at radius 3 is 2.11 bits per heavy atom. The van der Waals surface area contributed by atoms with Crippen LogP contribution >= 0.6 is 11.8 Å². The first-order valence-corrected chi connectivity index (χ1v) is 11.7. The Labute approximate surface area is 212 Å². The van der Waals surface area contributed by atoms with Crippen molar-refractivity contribution in [1.29, 1.82) is 0 Å². The molecule has 4 aromatic rings. The summed E-state index contributed by atoms with van der Waals surface area (Å²) in [5.74, 6) is -0.189. The van der Waals surface area contributed by atoms with Crippen molar-refractivity contribution < 1.29 is 28.5 Å². The molecule has 3 aromatic carbocycles. The molecule has 0 fully saturated rings. The van der Waals surface area contributed by atoms with Crippen LogP contribution in [0.4, 0.5) is 0 Å². The molecule has 0 saturated heterocycles. The van der Waals surface area contributed by atoms with E-state index in [0.29, 0.717) is 28.4 Å². The second kappa shape index (κ2) is 11.0. The molecule has 0 unspecified atom stereocenters. The van der Waals surface area contributed by atoms with Gasteiger partial charge in [0, 0.05) is 15.4 Å². The number of ether oxygens (including phenoxy) is 4. The van der Waals surface area contributed by atoms with Gasteiger partial charge >= 0.3 is 11.9 Å². The molecular formula is C27H24N2O6S. The van der Waals surface area contributed by atoms with Crippen molar-refractivity contribution in [1.82, 2.24) is 9.78 Å². The lowest BCUT2D eigenvalue weighted by molar-refractivity contribution is 0.0549. The van der Waals surface area contributed by atoms with Crippen molar-refractivity contribution in [3.05, 3.63) is 84.1 Å². The Morgan fingerprint density at radius 2 is 1.44 bits per heavy atom. The van der Waals surface area contributed by atoms with Crippen molar-refractivity contribution in [3.8, 4) is 28.4 Å². The maximum absolute atomic E-state index is 13.0. The molecule has 36 heavy (non-hydrogen) atoms. The van der Waals surface area contributed by atoms with Gasteiger partial charge in [0.15, 0.2) is 17.2 Å². The number of hydrogen-bond donors (Lipinski definition) is 0. The lowest BCUT2D eigenvalue weighted by atomic mass is 10.1. The Morgan fingerprint density at radius 1 is 0.778 bits per heavy atom. The summed E-state index contributed by atoms with van der Waals surface area (Å²) in [4.78, 5) is 27.6. The highest BCUT2D eigenvalue weighted by Crippen LogP contribution is 2.40. The van der Waals surface area contributed by atoms with E-state index in [4.69, 9.17) is 24.0 Å². The average molecular weight is 505 g/mol. The van der Waals surface area contributed by atoms with Crippen LogP contribution in [0.3, 0.4) is 0 Å². The first kappa shape index (κ1) is 24.9. The van der Waals surface area contributed by atoms with Crippen molar-refractivity contribution in [2.45, 2.75) is 9.79 Å². The fourth-order valence-corrected chi connectivity index (χ4v) is 4.68. The van der Waals surface area contributed by atoms with E-state index in [1.165, 1.54) is 30.7 Å². The molecule has 1 heterocycles. The van der Waals surface area contributed by atoms with Crippen LogP contribution < -0.4 is 9.47 Å². The van der Waals surface area contributed by atoms with E-state index in [2.05, 4.69) is 0 Å². The third-order valence-corrected chi connectivity index (χ3v) is 6.44. The van der Waals surface area contributed by atoms with Crippen LogP contribution in [0.1, 0.15) is 20.8 Å². The molecule has 0 radical (unpaired) electrons. The Bertz CT molecular complexity index is 1400. The quantitative estimate of drug-likeness (QED) is 0.300. The van der Waals surface area contributed by atoms with E-state index in [0.717, 1.165) is 9.79 Å². The number of carbonyl (C=O) groups is 2. The molecule has 9 heteroatoms. The van der Waals surface area contributed by atoms with Crippen LogP contribution in [-0.4, -0.2) is 50.2 Å². The molecule has 0 spiro atoms. The summed E-state index contributed by atoms with van der Waals surface area (Å²) in [5.41, 5.74) is 1.55. The predicted molar refractivity (Wildman–Crippen MR) is 135 cm³/mol. The van der Waals surface area contributed by atoms with Crippen molar-refractivity contribution in [3.63, 3.8) is 0 Å². The van der Waals surface area contributed by atoms with Gasteiger partial charge in [-0.05, 0) is 36.4 Å². The summed E-state index contributed by atoms with van der Waals surface area (Å²) in [7, 11) is 5.67. The summed E-state index contributed by atoms with van der Waals surface area (Å²) >= 11 is 1.46. The minimum Gasteiger partial charge on any atom is -0.493 e. The number of hydrogen-bond acceptors (Lipinski definition) is 8. The van der Waals surface area contributed by atoms with Crippen molar-refractivity contribution in [2.75, 3.05) is 28.4 Å². The Kier molecular flexibility index (Phi) is 7.60. The highest BCUT2D eigenvalue weighted by atomic mass is 32.2. The van der Waals surface area contributed by atoms with Crippen LogP contribution in [-0.2, 0) is 9.47 Å². The fraction of sp³-hybridized carbons (Fsp3) is 0.148. The predicted octanol–water partition coefficient (Wildman–Crippen LogP) is 5.28. The molecule has 0 atom stereocenters. The molecular weight excluding hydrogens is 480 g/mol. The summed E-state index contributed by atoms with van der Waals surface area (Å²) in [6.07, 6.45) is 0. The Hall–Kier alpha value is -4.24. The van der Waals surface area contributed by atoms with E-state index >= 15 is 0 Å². The lowest BCUT2D eigenvalue weighted by Gasteiger charge is -2.11. The van der Waals surface area contributed by atoms with Crippen molar-refractivity contribution in [2.24, 2.45) is 0 Å². The number of rotatable bonds is 8. The zero-order valence-corrected chi connectivity index (χ0v) is 21.0. The smallest absolute Gasteiger partial charge is 0.357 e. The monoisotopic (exact) mass is 504 g/mol. The number of aromatic nitrogens is 2. The second-order valence-electron chi connectivity index (χ2n) is 7.42. The summed E-state index contributed by atoms with van der Waals surface area (Å²) < 4.78 is 22.3. The van der Waals surface area contributed by atoms with Crippen LogP contribution in [0.25, 0.3) is 16.9 Å². The standard InChI is InChI=1S/C27H24N2O6S/c1-32-20-15-14-18(16-21(20)33-2)36-22-13-9-8-12-19(22)24-23(26(30)34-3)25(27(31)35-4)29(28-24)17-10-6-5-7-11-17/h5-16H,1-4H3. The summed E-state index contributed by atoms with van der Waals surface area (Å²) in [6.45, 7) is 0. The molecule has 0 amide bonds. The molecule has 0 bridgehead atoms. The number of methoxy groups -OCH3 is 4. The molecule has 0 aliphatic heterocycles. The number of para-hydroxylation sites is 1. The van der Waals surface area contributed by atoms with Gasteiger partial charge in [0.1, 0.15) is 11.3 Å². The molecule has 0 aliphatic carbocycles. The number of nitrogens with zero attached hydrogens (tertiary/aromatic N) is 2. The van der Waals surface area contributed by atoms with Crippen LogP contribution in [0.15, 0.2) is 82.6 Å². The number of benzene rings is 3. The van der Waals surface area contributed by atoms with Gasteiger partial charge in [-0.25, -0.2) is 14.3 Å². The van der Waals surface area contributed by atoms with E-state index < -0.39 is 11.9 Å². The molecule has 1 aromatic heterocycles. The van der Waals surface area contributed by atoms with Gasteiger partial charge in [-0.2, -0.15) is 5.10 Å². The summed E-state index contributed by atoms with van der Waals surface area (Å²) in [5, 5.41) is 4.71. The molecule has 0 saturated carbocycles. The molecule has 184 valence electrons. The minimum atomic E-state index is -0.706. The number of carbonyl (C=O) groups excluding carboxylic acids is 2. The second-order valence-corrected chi connectivity index (χ2v) is 8.53. The minimum absolute atomic E-state index is 0.0172. The van der Waals surface area contributed by atoms with Crippen molar-refractivity contribution >= 4 is 23.7 Å². The number of esters is 2. The van der Waals surface area contributed by atoms with Gasteiger partial charge in [0.05, 0.1) is 34.1 Å². The zero-order valence-electron chi connectivity index (χ0n) is 20.2. The first-order valence-electron chi connectivity index (χ1n) is 10.9. The molecule has 4 rings (SSSR count). The highest BCUT2D eigenvalue weighted by Gasteiger charge is 2.32. The van der Waals surface area contributed by atoms with E-state index in [9.17, 15) is 9.59 Å². The van der Waals surface area contributed by atoms with E-state index in [1.807, 2.05) is 60.7 Å². The van der Waals surface area contributed by atoms with Crippen LogP contribution in [0, 0.1) is 0 Å². The average Bonchev–Trinajstić information content (AvgIpc) is 3.33. The molecule has 0 aliphatic rings. The fourth-order valence-electron chi connectivity index (χ4n) is 3.70. The topological polar surface area (TPSA) is 88.9 Å². The van der Waals surface area contributed by atoms with Crippen LogP contribution in [0.2, 0.25) is 0 Å². The maximum Gasteiger partial charge on any atom is 0.357 e. The van der Waals surface area contributed by atoms with Gasteiger partial charge in [-0.3, -0.25) is 0 Å². The summed E-state index contributed by atoms with van der Waals surface area (Å²) in [6, 6.07) is 22.1. The van der Waals surface area contributed by atoms with E-state index in [1.54, 1.807) is 26.4 Å². The Balaban J connectivity index is 1.91. The van der Waals surface area contributed by atoms with Crippen LogP contribution in [0.5, 0.6) is 11.5 Å². The van der Waals surface area contributed by atoms with Gasteiger partial charge in [0.25, 0.3) is 0 Å². The maximum atomic E-state index is 13.0. The molecule has 8 nitrogen and oxygen atoms in total. The first-order chi connectivity index (χ1) is 17.5.